The molecule has 0 aliphatic carbocycles. The summed E-state index contributed by atoms with van der Waals surface area (Å²) in [5.74, 6) is 0. The molecule has 0 fully saturated rings. The summed E-state index contributed by atoms with van der Waals surface area (Å²) in [6, 6.07) is 42.6. The van der Waals surface area contributed by atoms with E-state index in [2.05, 4.69) is 110 Å². The quantitative estimate of drug-likeness (QED) is 0.215. The molecule has 0 aliphatic heterocycles. The maximum atomic E-state index is 2.28. The molecule has 0 bridgehead atoms. The van der Waals surface area contributed by atoms with E-state index in [-0.39, 0.29) is 17.1 Å². The van der Waals surface area contributed by atoms with Crippen LogP contribution in [-0.4, -0.2) is 29.2 Å². The minimum atomic E-state index is 0. The fraction of sp³-hybridized carbons (Fsp3) is 0.0968. The molecular formula is C31H31FeNSi-6. The van der Waals surface area contributed by atoms with Crippen molar-refractivity contribution >= 4 is 15.4 Å². The van der Waals surface area contributed by atoms with E-state index in [1.165, 1.54) is 44.1 Å². The fourth-order valence-corrected chi connectivity index (χ4v) is 5.37. The zero-order chi connectivity index (χ0) is 23.0. The molecule has 178 valence electrons. The van der Waals surface area contributed by atoms with Crippen LogP contribution in [0.4, 0.5) is 0 Å². The van der Waals surface area contributed by atoms with Crippen LogP contribution in [-0.2, 0) is 23.6 Å². The van der Waals surface area contributed by atoms with Crippen LogP contribution in [0.1, 0.15) is 5.56 Å². The second kappa shape index (κ2) is 12.5. The number of hydrogen-bond donors (Lipinski definition) is 0. The van der Waals surface area contributed by atoms with Crippen molar-refractivity contribution in [3.63, 3.8) is 0 Å². The van der Waals surface area contributed by atoms with Gasteiger partial charge in [-0.1, -0.05) is 108 Å². The van der Waals surface area contributed by atoms with Crippen LogP contribution in [0.15, 0.2) is 121 Å². The molecule has 34 heavy (non-hydrogen) atoms. The van der Waals surface area contributed by atoms with Crippen molar-refractivity contribution in [2.24, 2.45) is 0 Å². The van der Waals surface area contributed by atoms with Crippen molar-refractivity contribution in [2.75, 3.05) is 14.1 Å². The van der Waals surface area contributed by atoms with Crippen molar-refractivity contribution in [2.45, 2.75) is 6.54 Å². The first-order chi connectivity index (χ1) is 16.2. The number of hydrogen-bond acceptors (Lipinski definition) is 1. The Labute approximate surface area is 217 Å². The molecule has 1 nitrogen and oxygen atoms in total. The van der Waals surface area contributed by atoms with Gasteiger partial charge in [-0.15, -0.1) is 27.4 Å². The summed E-state index contributed by atoms with van der Waals surface area (Å²) in [5.41, 5.74) is 9.56. The molecule has 0 N–H and O–H groups in total. The molecule has 0 aliphatic rings. The van der Waals surface area contributed by atoms with E-state index in [9.17, 15) is 0 Å². The third kappa shape index (κ3) is 5.94. The van der Waals surface area contributed by atoms with Gasteiger partial charge < -0.3 is 35.2 Å². The summed E-state index contributed by atoms with van der Waals surface area (Å²) in [5, 5.41) is 1.51. The summed E-state index contributed by atoms with van der Waals surface area (Å²) in [7, 11) is 5.33. The molecule has 0 spiro atoms. The van der Waals surface area contributed by atoms with Gasteiger partial charge in [-0.2, -0.15) is 0 Å². The first-order valence-electron chi connectivity index (χ1n) is 11.5. The van der Waals surface area contributed by atoms with Crippen molar-refractivity contribution in [1.29, 1.82) is 0 Å². The Morgan fingerprint density at radius 2 is 1.00 bits per heavy atom. The molecule has 5 aromatic carbocycles. The SMILES string of the molecule is CN(C)C[c-]1c([SiH3])c(-c2ccccc2)c(-c2ccccc2)c1-c1ccccc1.[Fe].[cH-]1[cH-][cH-][cH-][cH-]1. The predicted molar refractivity (Wildman–Crippen MR) is 147 cm³/mol. The smallest absolute Gasteiger partial charge is 0.0158 e. The molecule has 5 rings (SSSR count). The normalized spacial score (nSPS) is 10.4. The summed E-state index contributed by atoms with van der Waals surface area (Å²) in [6.07, 6.45) is 0. The summed E-state index contributed by atoms with van der Waals surface area (Å²) < 4.78 is 0. The zero-order valence-electron chi connectivity index (χ0n) is 20.1. The van der Waals surface area contributed by atoms with Gasteiger partial charge in [0.05, 0.1) is 0 Å². The van der Waals surface area contributed by atoms with E-state index >= 15 is 0 Å². The van der Waals surface area contributed by atoms with Gasteiger partial charge in [-0.05, 0) is 20.6 Å². The zero-order valence-corrected chi connectivity index (χ0v) is 23.2. The van der Waals surface area contributed by atoms with Gasteiger partial charge in [-0.3, -0.25) is 0 Å². The summed E-state index contributed by atoms with van der Waals surface area (Å²) in [6.45, 7) is 0.954. The summed E-state index contributed by atoms with van der Waals surface area (Å²) in [4.78, 5) is 2.28. The largest absolute Gasteiger partial charge is 0.748 e. The molecule has 0 aromatic heterocycles. The number of rotatable bonds is 5. The molecule has 0 atom stereocenters. The Balaban J connectivity index is 0.000000481. The van der Waals surface area contributed by atoms with Crippen LogP contribution in [0.3, 0.4) is 0 Å². The van der Waals surface area contributed by atoms with Crippen LogP contribution in [0.2, 0.25) is 0 Å². The number of nitrogens with zero attached hydrogens (tertiary/aromatic N) is 1. The standard InChI is InChI=1S/C26H26NSi.C5H5.Fe/c1-27(2)18-22-23(19-12-6-3-7-13-19)24(20-14-8-4-9-15-20)25(26(22)28)21-16-10-5-11-17-21;1-2-4-5-3-1;/h3-17H,18H2,1-2,28H3;1-5H;/q-1;-5;. The van der Waals surface area contributed by atoms with Crippen LogP contribution >= 0.6 is 0 Å². The van der Waals surface area contributed by atoms with E-state index in [1.54, 1.807) is 0 Å². The Kier molecular flexibility index (Phi) is 9.44. The molecule has 0 unspecified atom stereocenters. The van der Waals surface area contributed by atoms with Crippen molar-refractivity contribution < 1.29 is 17.1 Å². The average Bonchev–Trinajstić information content (AvgIpc) is 3.52. The third-order valence-corrected chi connectivity index (χ3v) is 6.95. The van der Waals surface area contributed by atoms with Gasteiger partial charge in [0, 0.05) is 27.3 Å². The first-order valence-corrected chi connectivity index (χ1v) is 12.5. The Morgan fingerprint density at radius 3 is 1.41 bits per heavy atom. The van der Waals surface area contributed by atoms with Crippen LogP contribution in [0.25, 0.3) is 33.4 Å². The van der Waals surface area contributed by atoms with E-state index in [4.69, 9.17) is 0 Å². The van der Waals surface area contributed by atoms with Crippen molar-refractivity contribution in [3.8, 4) is 33.4 Å². The molecule has 3 heteroatoms. The average molecular weight is 502 g/mol. The minimum absolute atomic E-state index is 0. The van der Waals surface area contributed by atoms with Crippen LogP contribution in [0, 0.1) is 0 Å². The van der Waals surface area contributed by atoms with Crippen molar-refractivity contribution in [1.82, 2.24) is 4.90 Å². The third-order valence-electron chi connectivity index (χ3n) is 5.85. The monoisotopic (exact) mass is 501 g/mol. The van der Waals surface area contributed by atoms with Gasteiger partial charge >= 0.3 is 0 Å². The van der Waals surface area contributed by atoms with Gasteiger partial charge in [0.1, 0.15) is 0 Å². The molecular weight excluding hydrogens is 470 g/mol. The first kappa shape index (κ1) is 25.7. The van der Waals surface area contributed by atoms with Crippen molar-refractivity contribution in [3.05, 3.63) is 127 Å². The predicted octanol–water partition coefficient (Wildman–Crippen LogP) is 5.86. The maximum Gasteiger partial charge on any atom is 0.0158 e. The second-order valence-electron chi connectivity index (χ2n) is 8.53. The number of benzene rings is 3. The van der Waals surface area contributed by atoms with Gasteiger partial charge in [0.25, 0.3) is 0 Å². The maximum absolute atomic E-state index is 2.28. The Bertz CT molecular complexity index is 1220. The molecule has 0 saturated heterocycles. The molecule has 0 amide bonds. The molecule has 0 saturated carbocycles. The van der Waals surface area contributed by atoms with Gasteiger partial charge in [0.2, 0.25) is 0 Å². The Morgan fingerprint density at radius 1 is 0.618 bits per heavy atom. The van der Waals surface area contributed by atoms with E-state index in [1.807, 2.05) is 30.3 Å². The van der Waals surface area contributed by atoms with Gasteiger partial charge in [0.15, 0.2) is 0 Å². The van der Waals surface area contributed by atoms with Crippen LogP contribution < -0.4 is 5.19 Å². The summed E-state index contributed by atoms with van der Waals surface area (Å²) >= 11 is 0. The molecule has 0 heterocycles. The molecule has 0 radical (unpaired) electrons. The van der Waals surface area contributed by atoms with E-state index < -0.39 is 0 Å². The topological polar surface area (TPSA) is 3.24 Å². The fourth-order valence-electron chi connectivity index (χ4n) is 4.42. The second-order valence-corrected chi connectivity index (χ2v) is 9.53. The van der Waals surface area contributed by atoms with Crippen LogP contribution in [0.5, 0.6) is 0 Å². The van der Waals surface area contributed by atoms with E-state index in [0.29, 0.717) is 0 Å². The van der Waals surface area contributed by atoms with Gasteiger partial charge in [-0.25, -0.2) is 0 Å². The molecule has 5 aromatic rings. The minimum Gasteiger partial charge on any atom is -0.748 e. The van der Waals surface area contributed by atoms with E-state index in [0.717, 1.165) is 16.8 Å². The Hall–Kier alpha value is -2.94.